The van der Waals surface area contributed by atoms with Crippen molar-refractivity contribution < 1.29 is 14.3 Å². The molecule has 1 unspecified atom stereocenters. The van der Waals surface area contributed by atoms with Crippen LogP contribution in [0, 0.1) is 0 Å². The molecule has 0 spiro atoms. The number of nitrogens with one attached hydrogen (secondary N) is 4. The van der Waals surface area contributed by atoms with Gasteiger partial charge in [0.25, 0.3) is 5.56 Å². The van der Waals surface area contributed by atoms with E-state index in [1.165, 1.54) is 4.57 Å². The highest BCUT2D eigenvalue weighted by molar-refractivity contribution is 6.39. The van der Waals surface area contributed by atoms with E-state index in [0.717, 1.165) is 46.2 Å². The summed E-state index contributed by atoms with van der Waals surface area (Å²) in [4.78, 5) is 41.2. The maximum atomic E-state index is 13.4. The fourth-order valence-corrected chi connectivity index (χ4v) is 7.37. The quantitative estimate of drug-likeness (QED) is 0.147. The summed E-state index contributed by atoms with van der Waals surface area (Å²) in [6, 6.07) is 17.3. The van der Waals surface area contributed by atoms with Gasteiger partial charge in [-0.1, -0.05) is 65.7 Å². The van der Waals surface area contributed by atoms with Crippen LogP contribution in [0.3, 0.4) is 0 Å². The van der Waals surface area contributed by atoms with Gasteiger partial charge in [0.05, 0.1) is 29.4 Å². The van der Waals surface area contributed by atoms with Gasteiger partial charge >= 0.3 is 0 Å². The van der Waals surface area contributed by atoms with E-state index in [0.29, 0.717) is 72.0 Å². The topological polar surface area (TPSA) is 144 Å². The van der Waals surface area contributed by atoms with Crippen LogP contribution in [-0.4, -0.2) is 63.3 Å². The minimum absolute atomic E-state index is 0.0624. The lowest BCUT2D eigenvalue weighted by Crippen LogP contribution is -2.36. The summed E-state index contributed by atoms with van der Waals surface area (Å²) in [5.74, 6) is 1.20. The number of carbonyl (C=O) groups excluding carboxylic acids is 2. The molecule has 0 radical (unpaired) electrons. The molecule has 2 saturated heterocycles. The number of ether oxygens (including phenoxy) is 1. The van der Waals surface area contributed by atoms with Gasteiger partial charge in [-0.15, -0.1) is 0 Å². The van der Waals surface area contributed by atoms with E-state index in [1.54, 1.807) is 30.9 Å². The lowest BCUT2D eigenvalue weighted by atomic mass is 9.97. The maximum absolute atomic E-state index is 13.4. The Morgan fingerprint density at radius 2 is 1.45 bits per heavy atom. The van der Waals surface area contributed by atoms with Crippen molar-refractivity contribution in [2.45, 2.75) is 50.9 Å². The molecular weight excluding hydrogens is 691 g/mol. The van der Waals surface area contributed by atoms with E-state index >= 15 is 0 Å². The summed E-state index contributed by atoms with van der Waals surface area (Å²) in [5.41, 5.74) is 5.43. The van der Waals surface area contributed by atoms with Gasteiger partial charge in [-0.3, -0.25) is 19.0 Å². The highest BCUT2D eigenvalue weighted by atomic mass is 35.5. The molecule has 4 N–H and O–H groups in total. The van der Waals surface area contributed by atoms with E-state index in [2.05, 4.69) is 21.3 Å². The SMILES string of the molecule is COc1nc(-c2cccc(-c3cccc(-c4cc5c(=O)n(C)c(CNC[C@@H]6CCC(=O)N6)nn5c4)c3Cl)c2Cl)ccc1CNCC1CCC(=O)N1. The van der Waals surface area contributed by atoms with Gasteiger partial charge in [-0.05, 0) is 25.0 Å². The highest BCUT2D eigenvalue weighted by Crippen LogP contribution is 2.42. The van der Waals surface area contributed by atoms with Crippen LogP contribution in [0.4, 0.5) is 0 Å². The summed E-state index contributed by atoms with van der Waals surface area (Å²) in [7, 11) is 3.29. The molecule has 0 saturated carbocycles. The minimum Gasteiger partial charge on any atom is -0.481 e. The third-order valence-corrected chi connectivity index (χ3v) is 10.3. The number of halogens is 2. The van der Waals surface area contributed by atoms with E-state index in [9.17, 15) is 14.4 Å². The Kier molecular flexibility index (Phi) is 10.1. The van der Waals surface area contributed by atoms with Crippen LogP contribution >= 0.6 is 23.2 Å². The number of fused-ring (bicyclic) bond motifs is 1. The molecule has 0 bridgehead atoms. The average molecular weight is 730 g/mol. The fraction of sp³-hybridized carbons (Fsp3) is 0.324. The number of pyridine rings is 1. The Morgan fingerprint density at radius 1 is 0.843 bits per heavy atom. The van der Waals surface area contributed by atoms with Crippen molar-refractivity contribution in [3.05, 3.63) is 92.6 Å². The maximum Gasteiger partial charge on any atom is 0.277 e. The lowest BCUT2D eigenvalue weighted by molar-refractivity contribution is -0.120. The lowest BCUT2D eigenvalue weighted by Gasteiger charge is -2.15. The average Bonchev–Trinajstić information content (AvgIpc) is 3.87. The number of hydrogen-bond acceptors (Lipinski definition) is 8. The van der Waals surface area contributed by atoms with Crippen LogP contribution in [-0.2, 0) is 29.7 Å². The fourth-order valence-electron chi connectivity index (χ4n) is 6.71. The first-order valence-electron chi connectivity index (χ1n) is 16.9. The smallest absolute Gasteiger partial charge is 0.277 e. The second kappa shape index (κ2) is 14.8. The third-order valence-electron chi connectivity index (χ3n) is 9.49. The first kappa shape index (κ1) is 34.7. The number of amides is 2. The molecule has 2 aromatic carbocycles. The number of nitrogens with zero attached hydrogens (tertiary/aromatic N) is 4. The van der Waals surface area contributed by atoms with Crippen LogP contribution in [0.25, 0.3) is 39.0 Å². The van der Waals surface area contributed by atoms with Crippen LogP contribution in [0.1, 0.15) is 37.1 Å². The molecule has 2 aliphatic heterocycles. The molecule has 3 aromatic heterocycles. The molecule has 0 aliphatic carbocycles. The molecule has 2 fully saturated rings. The van der Waals surface area contributed by atoms with Gasteiger partial charge in [0, 0.05) is 91.2 Å². The zero-order valence-corrected chi connectivity index (χ0v) is 29.8. The monoisotopic (exact) mass is 728 g/mol. The van der Waals surface area contributed by atoms with Gasteiger partial charge < -0.3 is 26.0 Å². The van der Waals surface area contributed by atoms with Gasteiger partial charge in [-0.2, -0.15) is 5.10 Å². The first-order valence-corrected chi connectivity index (χ1v) is 17.7. The van der Waals surface area contributed by atoms with Crippen LogP contribution in [0.2, 0.25) is 10.0 Å². The normalized spacial score (nSPS) is 17.3. The number of aromatic nitrogens is 4. The summed E-state index contributed by atoms with van der Waals surface area (Å²) in [5, 5.41) is 18.3. The third kappa shape index (κ3) is 7.22. The van der Waals surface area contributed by atoms with Gasteiger partial charge in [0.15, 0.2) is 0 Å². The van der Waals surface area contributed by atoms with Crippen molar-refractivity contribution >= 4 is 40.5 Å². The van der Waals surface area contributed by atoms with Crippen molar-refractivity contribution in [3.8, 4) is 39.4 Å². The van der Waals surface area contributed by atoms with Crippen LogP contribution < -0.4 is 31.6 Å². The Bertz CT molecular complexity index is 2200. The Labute approximate surface area is 304 Å². The zero-order chi connectivity index (χ0) is 35.6. The van der Waals surface area contributed by atoms with Crippen molar-refractivity contribution in [2.24, 2.45) is 7.05 Å². The van der Waals surface area contributed by atoms with Crippen LogP contribution in [0.5, 0.6) is 5.88 Å². The molecule has 51 heavy (non-hydrogen) atoms. The molecule has 7 rings (SSSR count). The van der Waals surface area contributed by atoms with E-state index < -0.39 is 0 Å². The minimum atomic E-state index is -0.183. The largest absolute Gasteiger partial charge is 0.481 e. The van der Waals surface area contributed by atoms with Crippen molar-refractivity contribution in [1.29, 1.82) is 0 Å². The Hall–Kier alpha value is -4.75. The number of methoxy groups -OCH3 is 1. The molecule has 2 amide bonds. The molecule has 12 nitrogen and oxygen atoms in total. The van der Waals surface area contributed by atoms with Crippen LogP contribution in [0.15, 0.2) is 65.6 Å². The van der Waals surface area contributed by atoms with Gasteiger partial charge in [0.1, 0.15) is 11.3 Å². The van der Waals surface area contributed by atoms with Crippen molar-refractivity contribution in [3.63, 3.8) is 0 Å². The summed E-state index contributed by atoms with van der Waals surface area (Å²) >= 11 is 14.2. The van der Waals surface area contributed by atoms with Crippen molar-refractivity contribution in [1.82, 2.24) is 40.4 Å². The Morgan fingerprint density at radius 3 is 2.08 bits per heavy atom. The molecular formula is C37H38Cl2N8O4. The van der Waals surface area contributed by atoms with E-state index in [-0.39, 0.29) is 29.5 Å². The summed E-state index contributed by atoms with van der Waals surface area (Å²) in [6.07, 6.45) is 4.51. The molecule has 5 aromatic rings. The second-order valence-electron chi connectivity index (χ2n) is 12.9. The molecule has 5 heterocycles. The summed E-state index contributed by atoms with van der Waals surface area (Å²) < 4.78 is 8.77. The predicted octanol–water partition coefficient (Wildman–Crippen LogP) is 4.48. The zero-order valence-electron chi connectivity index (χ0n) is 28.3. The molecule has 14 heteroatoms. The summed E-state index contributed by atoms with van der Waals surface area (Å²) in [6.45, 7) is 2.17. The van der Waals surface area contributed by atoms with Gasteiger partial charge in [-0.25, -0.2) is 9.50 Å². The number of hydrogen-bond donors (Lipinski definition) is 4. The Balaban J connectivity index is 1.13. The predicted molar refractivity (Wildman–Crippen MR) is 197 cm³/mol. The van der Waals surface area contributed by atoms with E-state index in [1.807, 2.05) is 48.5 Å². The second-order valence-corrected chi connectivity index (χ2v) is 13.7. The molecule has 264 valence electrons. The van der Waals surface area contributed by atoms with Crippen molar-refractivity contribution in [2.75, 3.05) is 20.2 Å². The number of rotatable bonds is 12. The number of carbonyl (C=O) groups is 2. The van der Waals surface area contributed by atoms with E-state index in [4.69, 9.17) is 38.0 Å². The standard InChI is InChI=1S/C37H38Cl2N8O4/c1-46-31(19-41-18-24-11-14-33(49)43-24)45-47-20-22(15-30(47)37(46)50)25-5-3-6-26(34(25)38)27-7-4-8-28(35(27)39)29-12-9-21(36(44-29)51-2)16-40-17-23-10-13-32(48)42-23/h3-9,12,15,20,23-24,40-41H,10-11,13-14,16-19H2,1-2H3,(H,42,48)(H,43,49)/t23?,24-/m0/s1. The molecule has 2 atom stereocenters. The van der Waals surface area contributed by atoms with Gasteiger partial charge in [0.2, 0.25) is 17.7 Å². The first-order chi connectivity index (χ1) is 24.7. The number of benzene rings is 2. The highest BCUT2D eigenvalue weighted by Gasteiger charge is 2.22. The molecule has 2 aliphatic rings.